The summed E-state index contributed by atoms with van der Waals surface area (Å²) in [6.07, 6.45) is -0.264. The Kier molecular flexibility index (Phi) is 5.26. The van der Waals surface area contributed by atoms with Crippen molar-refractivity contribution in [2.75, 3.05) is 18.5 Å². The topological polar surface area (TPSA) is 109 Å². The van der Waals surface area contributed by atoms with Crippen LogP contribution in [0.4, 0.5) is 10.6 Å². The molecule has 2 heterocycles. The number of likely N-dealkylation sites (tertiary alicyclic amines) is 1. The number of ether oxygens (including phenoxy) is 1. The molecule has 1 atom stereocenters. The fraction of sp³-hybridized carbons (Fsp3) is 0.200. The van der Waals surface area contributed by atoms with E-state index in [4.69, 9.17) is 9.84 Å². The molecule has 8 nitrogen and oxygen atoms in total. The number of carboxylic acids is 1. The number of anilines is 1. The SMILES string of the molecule is O=C(Nc1cccc(C(=O)N2CCC2C(=O)O)n1)OCC1c2ccccc2-c2ccccc21. The summed E-state index contributed by atoms with van der Waals surface area (Å²) < 4.78 is 5.51. The Morgan fingerprint density at radius 3 is 2.24 bits per heavy atom. The number of carbonyl (C=O) groups is 3. The lowest BCUT2D eigenvalue weighted by molar-refractivity contribution is -0.146. The van der Waals surface area contributed by atoms with Gasteiger partial charge in [0.1, 0.15) is 24.2 Å². The van der Waals surface area contributed by atoms with Crippen LogP contribution in [0.25, 0.3) is 11.1 Å². The molecule has 0 radical (unpaired) electrons. The van der Waals surface area contributed by atoms with Crippen molar-refractivity contribution in [3.8, 4) is 11.1 Å². The molecular formula is C25H21N3O5. The van der Waals surface area contributed by atoms with Crippen LogP contribution < -0.4 is 5.32 Å². The maximum absolute atomic E-state index is 12.6. The quantitative estimate of drug-likeness (QED) is 0.622. The second kappa shape index (κ2) is 8.38. The number of carbonyl (C=O) groups excluding carboxylic acids is 2. The zero-order chi connectivity index (χ0) is 22.9. The Morgan fingerprint density at radius 2 is 1.64 bits per heavy atom. The molecule has 1 saturated heterocycles. The summed E-state index contributed by atoms with van der Waals surface area (Å²) in [5.41, 5.74) is 4.57. The molecule has 5 rings (SSSR count). The molecule has 0 spiro atoms. The lowest BCUT2D eigenvalue weighted by atomic mass is 9.98. The average Bonchev–Trinajstić information content (AvgIpc) is 3.10. The molecule has 0 bridgehead atoms. The van der Waals surface area contributed by atoms with Crippen LogP contribution in [-0.2, 0) is 9.53 Å². The molecule has 1 aliphatic heterocycles. The number of nitrogens with one attached hydrogen (secondary N) is 1. The van der Waals surface area contributed by atoms with Gasteiger partial charge in [0.15, 0.2) is 0 Å². The van der Waals surface area contributed by atoms with E-state index in [2.05, 4.69) is 22.4 Å². The molecule has 2 amide bonds. The van der Waals surface area contributed by atoms with Crippen molar-refractivity contribution in [3.63, 3.8) is 0 Å². The Morgan fingerprint density at radius 1 is 0.970 bits per heavy atom. The number of rotatable bonds is 5. The number of aliphatic carboxylic acids is 1. The summed E-state index contributed by atoms with van der Waals surface area (Å²) in [5, 5.41) is 11.7. The monoisotopic (exact) mass is 443 g/mol. The van der Waals surface area contributed by atoms with Gasteiger partial charge >= 0.3 is 12.1 Å². The van der Waals surface area contributed by atoms with Crippen LogP contribution in [0.3, 0.4) is 0 Å². The highest BCUT2D eigenvalue weighted by atomic mass is 16.5. The van der Waals surface area contributed by atoms with Gasteiger partial charge in [0, 0.05) is 12.5 Å². The van der Waals surface area contributed by atoms with Crippen LogP contribution >= 0.6 is 0 Å². The highest BCUT2D eigenvalue weighted by Crippen LogP contribution is 2.44. The first-order valence-corrected chi connectivity index (χ1v) is 10.7. The molecule has 166 valence electrons. The fourth-order valence-corrected chi connectivity index (χ4v) is 4.40. The minimum Gasteiger partial charge on any atom is -0.480 e. The van der Waals surface area contributed by atoms with Crippen molar-refractivity contribution in [2.24, 2.45) is 0 Å². The van der Waals surface area contributed by atoms with Gasteiger partial charge in [0.2, 0.25) is 0 Å². The fourth-order valence-electron chi connectivity index (χ4n) is 4.40. The van der Waals surface area contributed by atoms with E-state index in [0.717, 1.165) is 22.3 Å². The zero-order valence-electron chi connectivity index (χ0n) is 17.6. The van der Waals surface area contributed by atoms with Crippen LogP contribution in [0.15, 0.2) is 66.7 Å². The van der Waals surface area contributed by atoms with Crippen molar-refractivity contribution >= 4 is 23.8 Å². The molecule has 3 aromatic rings. The van der Waals surface area contributed by atoms with Gasteiger partial charge in [-0.25, -0.2) is 14.6 Å². The molecule has 1 aliphatic carbocycles. The number of aromatic nitrogens is 1. The van der Waals surface area contributed by atoms with Crippen molar-refractivity contribution in [1.29, 1.82) is 0 Å². The number of carboxylic acid groups (broad SMARTS) is 1. The van der Waals surface area contributed by atoms with Gasteiger partial charge in [-0.3, -0.25) is 10.1 Å². The summed E-state index contributed by atoms with van der Waals surface area (Å²) in [7, 11) is 0. The van der Waals surface area contributed by atoms with Crippen LogP contribution in [0.5, 0.6) is 0 Å². The molecule has 0 saturated carbocycles. The van der Waals surface area contributed by atoms with Gasteiger partial charge in [-0.15, -0.1) is 0 Å². The van der Waals surface area contributed by atoms with E-state index in [1.54, 1.807) is 12.1 Å². The van der Waals surface area contributed by atoms with Gasteiger partial charge in [0.05, 0.1) is 0 Å². The lowest BCUT2D eigenvalue weighted by Gasteiger charge is -2.37. The van der Waals surface area contributed by atoms with Gasteiger partial charge in [-0.2, -0.15) is 0 Å². The molecule has 2 aliphatic rings. The average molecular weight is 443 g/mol. The third-order valence-corrected chi connectivity index (χ3v) is 6.11. The third-order valence-electron chi connectivity index (χ3n) is 6.11. The number of nitrogens with zero attached hydrogens (tertiary/aromatic N) is 2. The van der Waals surface area contributed by atoms with E-state index in [1.807, 2.05) is 36.4 Å². The van der Waals surface area contributed by atoms with Crippen LogP contribution in [0.1, 0.15) is 34.0 Å². The number of pyridine rings is 1. The normalized spacial score (nSPS) is 16.4. The molecule has 1 unspecified atom stereocenters. The van der Waals surface area contributed by atoms with Crippen molar-refractivity contribution in [3.05, 3.63) is 83.6 Å². The Balaban J connectivity index is 1.25. The first kappa shape index (κ1) is 20.7. The second-order valence-corrected chi connectivity index (χ2v) is 8.00. The molecule has 8 heteroatoms. The largest absolute Gasteiger partial charge is 0.480 e. The van der Waals surface area contributed by atoms with Crippen molar-refractivity contribution in [1.82, 2.24) is 9.88 Å². The second-order valence-electron chi connectivity index (χ2n) is 8.00. The standard InChI is InChI=1S/C25H21N3O5/c29-23(28-13-12-21(28)24(30)31)20-10-5-11-22(26-20)27-25(32)33-14-19-17-8-3-1-6-15(17)16-7-2-4-9-18(16)19/h1-11,19,21H,12-14H2,(H,30,31)(H,26,27,32). The van der Waals surface area contributed by atoms with Crippen molar-refractivity contribution < 1.29 is 24.2 Å². The van der Waals surface area contributed by atoms with Crippen molar-refractivity contribution in [2.45, 2.75) is 18.4 Å². The Labute approximate surface area is 189 Å². The molecule has 1 fully saturated rings. The summed E-state index contributed by atoms with van der Waals surface area (Å²) in [5.74, 6) is -1.43. The highest BCUT2D eigenvalue weighted by Gasteiger charge is 2.38. The number of hydrogen-bond acceptors (Lipinski definition) is 5. The molecule has 33 heavy (non-hydrogen) atoms. The number of fused-ring (bicyclic) bond motifs is 3. The molecular weight excluding hydrogens is 422 g/mol. The van der Waals surface area contributed by atoms with E-state index in [1.165, 1.54) is 11.0 Å². The summed E-state index contributed by atoms with van der Waals surface area (Å²) >= 11 is 0. The summed E-state index contributed by atoms with van der Waals surface area (Å²) in [6.45, 7) is 0.522. The maximum Gasteiger partial charge on any atom is 0.412 e. The lowest BCUT2D eigenvalue weighted by Crippen LogP contribution is -2.55. The van der Waals surface area contributed by atoms with Gasteiger partial charge < -0.3 is 14.7 Å². The van der Waals surface area contributed by atoms with E-state index >= 15 is 0 Å². The molecule has 2 N–H and O–H groups in total. The molecule has 2 aromatic carbocycles. The van der Waals surface area contributed by atoms with E-state index in [0.29, 0.717) is 13.0 Å². The van der Waals surface area contributed by atoms with Crippen LogP contribution in [0.2, 0.25) is 0 Å². The smallest absolute Gasteiger partial charge is 0.412 e. The Hall–Kier alpha value is -4.20. The number of amides is 2. The highest BCUT2D eigenvalue weighted by molar-refractivity contribution is 5.96. The summed E-state index contributed by atoms with van der Waals surface area (Å²) in [4.78, 5) is 41.6. The van der Waals surface area contributed by atoms with Crippen LogP contribution in [-0.4, -0.2) is 52.2 Å². The van der Waals surface area contributed by atoms with Gasteiger partial charge in [-0.1, -0.05) is 54.6 Å². The van der Waals surface area contributed by atoms with Gasteiger partial charge in [0.25, 0.3) is 5.91 Å². The van der Waals surface area contributed by atoms with Crippen LogP contribution in [0, 0.1) is 0 Å². The number of hydrogen-bond donors (Lipinski definition) is 2. The minimum absolute atomic E-state index is 0.0663. The molecule has 1 aromatic heterocycles. The zero-order valence-corrected chi connectivity index (χ0v) is 17.6. The van der Waals surface area contributed by atoms with E-state index in [9.17, 15) is 14.4 Å². The minimum atomic E-state index is -1.04. The Bertz CT molecular complexity index is 1210. The first-order chi connectivity index (χ1) is 16.0. The van der Waals surface area contributed by atoms with E-state index in [-0.39, 0.29) is 24.0 Å². The predicted octanol–water partition coefficient (Wildman–Crippen LogP) is 3.74. The number of benzene rings is 2. The van der Waals surface area contributed by atoms with Gasteiger partial charge in [-0.05, 0) is 40.8 Å². The first-order valence-electron chi connectivity index (χ1n) is 10.7. The van der Waals surface area contributed by atoms with E-state index < -0.39 is 24.0 Å². The summed E-state index contributed by atoms with van der Waals surface area (Å²) in [6, 6.07) is 19.9. The maximum atomic E-state index is 12.6. The third kappa shape index (κ3) is 3.80. The predicted molar refractivity (Wildman–Crippen MR) is 120 cm³/mol.